The predicted molar refractivity (Wildman–Crippen MR) is 216 cm³/mol. The highest BCUT2D eigenvalue weighted by Crippen LogP contribution is 2.52. The molecule has 0 atom stereocenters. The molecule has 2 heteroatoms. The Bertz CT molecular complexity index is 2770. The maximum Gasteiger partial charge on any atom is 0.0561 e. The summed E-state index contributed by atoms with van der Waals surface area (Å²) >= 11 is 0. The van der Waals surface area contributed by atoms with Crippen molar-refractivity contribution in [2.75, 3.05) is 4.90 Å². The van der Waals surface area contributed by atoms with Crippen LogP contribution in [0.15, 0.2) is 182 Å². The van der Waals surface area contributed by atoms with E-state index in [1.165, 1.54) is 66.0 Å². The first-order valence-corrected chi connectivity index (χ1v) is 17.8. The van der Waals surface area contributed by atoms with Crippen molar-refractivity contribution in [3.05, 3.63) is 193 Å². The third kappa shape index (κ3) is 4.50. The van der Waals surface area contributed by atoms with Crippen LogP contribution in [0.25, 0.3) is 60.5 Å². The van der Waals surface area contributed by atoms with Crippen LogP contribution in [0.5, 0.6) is 0 Å². The molecule has 0 saturated carbocycles. The van der Waals surface area contributed by atoms with Gasteiger partial charge < -0.3 is 9.47 Å². The van der Waals surface area contributed by atoms with Crippen molar-refractivity contribution in [1.82, 2.24) is 4.57 Å². The molecule has 2 nitrogen and oxygen atoms in total. The van der Waals surface area contributed by atoms with Gasteiger partial charge in [-0.3, -0.25) is 0 Å². The molecule has 0 fully saturated rings. The zero-order chi connectivity index (χ0) is 34.1. The van der Waals surface area contributed by atoms with Crippen LogP contribution in [0.3, 0.4) is 0 Å². The van der Waals surface area contributed by atoms with Gasteiger partial charge in [0, 0.05) is 38.8 Å². The molecule has 0 bridgehead atoms. The van der Waals surface area contributed by atoms with Crippen molar-refractivity contribution in [2.24, 2.45) is 0 Å². The summed E-state index contributed by atoms with van der Waals surface area (Å²) in [5, 5.41) is 5.05. The van der Waals surface area contributed by atoms with Crippen molar-refractivity contribution in [3.8, 4) is 27.9 Å². The van der Waals surface area contributed by atoms with Gasteiger partial charge in [0.25, 0.3) is 0 Å². The Kier molecular flexibility index (Phi) is 6.56. The molecule has 1 aromatic heterocycles. The summed E-state index contributed by atoms with van der Waals surface area (Å²) in [6.45, 7) is 4.74. The monoisotopic (exact) mass is 652 g/mol. The average molecular weight is 653 g/mol. The first-order valence-electron chi connectivity index (χ1n) is 17.8. The van der Waals surface area contributed by atoms with E-state index in [-0.39, 0.29) is 5.41 Å². The summed E-state index contributed by atoms with van der Waals surface area (Å²) < 4.78 is 2.40. The Balaban J connectivity index is 1.23. The van der Waals surface area contributed by atoms with Crippen LogP contribution in [0.2, 0.25) is 0 Å². The van der Waals surface area contributed by atoms with E-state index in [1.54, 1.807) is 0 Å². The SMILES string of the molecule is CC1(C)c2ccccc2-c2ccc3cc(N(c4ccc5c6ccccc6n(-c6ccccc6)c5c4)c4ccccc4-c4ccccc4)ccc3c21. The van der Waals surface area contributed by atoms with Crippen molar-refractivity contribution < 1.29 is 0 Å². The Labute approximate surface area is 298 Å². The molecule has 1 aliphatic rings. The second-order valence-corrected chi connectivity index (χ2v) is 14.2. The molecule has 0 radical (unpaired) electrons. The van der Waals surface area contributed by atoms with Crippen LogP contribution in [-0.4, -0.2) is 4.57 Å². The fourth-order valence-electron chi connectivity index (χ4n) is 8.66. The zero-order valence-corrected chi connectivity index (χ0v) is 28.7. The lowest BCUT2D eigenvalue weighted by Crippen LogP contribution is -2.15. The largest absolute Gasteiger partial charge is 0.310 e. The Morgan fingerprint density at radius 3 is 1.90 bits per heavy atom. The number of benzene rings is 8. The topological polar surface area (TPSA) is 8.17 Å². The maximum absolute atomic E-state index is 2.45. The maximum atomic E-state index is 2.45. The van der Waals surface area contributed by atoms with Crippen LogP contribution in [0.4, 0.5) is 17.1 Å². The van der Waals surface area contributed by atoms with Gasteiger partial charge in [0.05, 0.1) is 16.7 Å². The lowest BCUT2D eigenvalue weighted by molar-refractivity contribution is 0.666. The average Bonchev–Trinajstić information content (AvgIpc) is 3.64. The van der Waals surface area contributed by atoms with E-state index in [0.717, 1.165) is 22.7 Å². The third-order valence-electron chi connectivity index (χ3n) is 10.9. The highest BCUT2D eigenvalue weighted by atomic mass is 15.1. The van der Waals surface area contributed by atoms with Crippen molar-refractivity contribution in [1.29, 1.82) is 0 Å². The van der Waals surface area contributed by atoms with Crippen LogP contribution in [-0.2, 0) is 5.41 Å². The molecule has 9 aromatic rings. The van der Waals surface area contributed by atoms with E-state index in [1.807, 2.05) is 0 Å². The van der Waals surface area contributed by atoms with E-state index in [2.05, 4.69) is 205 Å². The molecular formula is C49H36N2. The second-order valence-electron chi connectivity index (χ2n) is 14.2. The van der Waals surface area contributed by atoms with E-state index < -0.39 is 0 Å². The second kappa shape index (κ2) is 11.3. The molecule has 51 heavy (non-hydrogen) atoms. The summed E-state index contributed by atoms with van der Waals surface area (Å²) in [6, 6.07) is 66.6. The van der Waals surface area contributed by atoms with Gasteiger partial charge in [-0.25, -0.2) is 0 Å². The number of rotatable bonds is 5. The molecule has 0 aliphatic heterocycles. The van der Waals surface area contributed by atoms with Gasteiger partial charge in [0.15, 0.2) is 0 Å². The quantitative estimate of drug-likeness (QED) is 0.180. The summed E-state index contributed by atoms with van der Waals surface area (Å²) in [4.78, 5) is 2.45. The van der Waals surface area contributed by atoms with Crippen LogP contribution < -0.4 is 4.90 Å². The molecule has 8 aromatic carbocycles. The van der Waals surface area contributed by atoms with Gasteiger partial charge in [0.2, 0.25) is 0 Å². The fourth-order valence-corrected chi connectivity index (χ4v) is 8.66. The molecule has 1 aliphatic carbocycles. The number of fused-ring (bicyclic) bond motifs is 8. The molecule has 0 amide bonds. The molecule has 0 saturated heterocycles. The smallest absolute Gasteiger partial charge is 0.0561 e. The number of anilines is 3. The summed E-state index contributed by atoms with van der Waals surface area (Å²) in [5.74, 6) is 0. The predicted octanol–water partition coefficient (Wildman–Crippen LogP) is 13.4. The molecular weight excluding hydrogens is 617 g/mol. The first kappa shape index (κ1) is 29.5. The standard InChI is InChI=1S/C49H36N2/c1-49(2)44-22-12-9-20-40(44)43-28-25-34-31-36(26-29-39(34)48(43)49)50(45-23-13-10-19-38(45)33-15-5-3-6-16-33)37-27-30-42-41-21-11-14-24-46(41)51(47(42)32-37)35-17-7-4-8-18-35/h3-32H,1-2H3. The first-order chi connectivity index (χ1) is 25.1. The number of nitrogens with zero attached hydrogens (tertiary/aromatic N) is 2. The summed E-state index contributed by atoms with van der Waals surface area (Å²) in [6.07, 6.45) is 0. The molecule has 0 N–H and O–H groups in total. The Hall–Kier alpha value is -6.38. The number of aromatic nitrogens is 1. The molecule has 242 valence electrons. The molecule has 0 unspecified atom stereocenters. The molecule has 1 heterocycles. The van der Waals surface area contributed by atoms with E-state index in [4.69, 9.17) is 0 Å². The lowest BCUT2D eigenvalue weighted by atomic mass is 9.80. The van der Waals surface area contributed by atoms with Crippen molar-refractivity contribution >= 4 is 49.6 Å². The van der Waals surface area contributed by atoms with E-state index in [0.29, 0.717) is 0 Å². The third-order valence-corrected chi connectivity index (χ3v) is 10.9. The van der Waals surface area contributed by atoms with E-state index >= 15 is 0 Å². The minimum atomic E-state index is -0.0809. The Morgan fingerprint density at radius 2 is 1.08 bits per heavy atom. The van der Waals surface area contributed by atoms with Gasteiger partial charge in [-0.2, -0.15) is 0 Å². The highest BCUT2D eigenvalue weighted by Gasteiger charge is 2.36. The number of para-hydroxylation sites is 3. The summed E-state index contributed by atoms with van der Waals surface area (Å²) in [5.41, 5.74) is 14.7. The Morgan fingerprint density at radius 1 is 0.451 bits per heavy atom. The minimum absolute atomic E-state index is 0.0809. The van der Waals surface area contributed by atoms with Gasteiger partial charge in [-0.05, 0) is 87.1 Å². The van der Waals surface area contributed by atoms with Gasteiger partial charge in [-0.15, -0.1) is 0 Å². The van der Waals surface area contributed by atoms with Crippen LogP contribution >= 0.6 is 0 Å². The number of hydrogen-bond donors (Lipinski definition) is 0. The van der Waals surface area contributed by atoms with E-state index in [9.17, 15) is 0 Å². The fraction of sp³-hybridized carbons (Fsp3) is 0.0612. The van der Waals surface area contributed by atoms with Crippen LogP contribution in [0, 0.1) is 0 Å². The van der Waals surface area contributed by atoms with Gasteiger partial charge >= 0.3 is 0 Å². The number of hydrogen-bond acceptors (Lipinski definition) is 1. The van der Waals surface area contributed by atoms with Gasteiger partial charge in [-0.1, -0.05) is 147 Å². The lowest BCUT2D eigenvalue weighted by Gasteiger charge is -2.29. The van der Waals surface area contributed by atoms with Crippen molar-refractivity contribution in [3.63, 3.8) is 0 Å². The normalized spacial score (nSPS) is 13.1. The highest BCUT2D eigenvalue weighted by molar-refractivity contribution is 6.11. The molecule has 0 spiro atoms. The van der Waals surface area contributed by atoms with Crippen molar-refractivity contribution in [2.45, 2.75) is 19.3 Å². The van der Waals surface area contributed by atoms with Crippen LogP contribution in [0.1, 0.15) is 25.0 Å². The minimum Gasteiger partial charge on any atom is -0.310 e. The molecule has 10 rings (SSSR count). The zero-order valence-electron chi connectivity index (χ0n) is 28.7. The van der Waals surface area contributed by atoms with Gasteiger partial charge in [0.1, 0.15) is 0 Å². The summed E-state index contributed by atoms with van der Waals surface area (Å²) in [7, 11) is 0.